The van der Waals surface area contributed by atoms with Gasteiger partial charge in [-0.05, 0) is 48.2 Å². The Morgan fingerprint density at radius 3 is 2.68 bits per heavy atom. The molecule has 0 aliphatic heterocycles. The highest BCUT2D eigenvalue weighted by Gasteiger charge is 2.38. The predicted octanol–water partition coefficient (Wildman–Crippen LogP) is 3.87. The molecule has 0 atom stereocenters. The second kappa shape index (κ2) is 6.55. The third kappa shape index (κ3) is 3.26. The highest BCUT2D eigenvalue weighted by molar-refractivity contribution is 7.99. The fraction of sp³-hybridized carbons (Fsp3) is 0.312. The van der Waals surface area contributed by atoms with Crippen LogP contribution in [0.5, 0.6) is 0 Å². The lowest BCUT2D eigenvalue weighted by Crippen LogP contribution is -2.12. The summed E-state index contributed by atoms with van der Waals surface area (Å²) in [7, 11) is 0. The topological polar surface area (TPSA) is 73.8 Å². The first-order valence-corrected chi connectivity index (χ1v) is 10.1. The minimum absolute atomic E-state index is 0.0405. The number of aromatic nitrogens is 7. The van der Waals surface area contributed by atoms with Crippen LogP contribution in [0.4, 0.5) is 13.2 Å². The Kier molecular flexibility index (Phi) is 4.12. The van der Waals surface area contributed by atoms with Gasteiger partial charge in [0.05, 0.1) is 0 Å². The Labute approximate surface area is 164 Å². The molecule has 12 heteroatoms. The maximum atomic E-state index is 13.1. The molecule has 1 aliphatic rings. The Bertz CT molecular complexity index is 1130. The summed E-state index contributed by atoms with van der Waals surface area (Å²) in [6.07, 6.45) is -1.87. The van der Waals surface area contributed by atoms with E-state index in [9.17, 15) is 13.2 Å². The normalized spacial score (nSPS) is 14.8. The van der Waals surface area contributed by atoms with Gasteiger partial charge < -0.3 is 4.57 Å². The molecule has 4 aromatic heterocycles. The van der Waals surface area contributed by atoms with Crippen LogP contribution < -0.4 is 0 Å². The smallest absolute Gasteiger partial charge is 0.302 e. The monoisotopic (exact) mass is 423 g/mol. The molecular weight excluding hydrogens is 411 g/mol. The first kappa shape index (κ1) is 17.6. The second-order valence-electron chi connectivity index (χ2n) is 6.32. The lowest BCUT2D eigenvalue weighted by Gasteiger charge is -2.08. The quantitative estimate of drug-likeness (QED) is 0.485. The number of rotatable bonds is 5. The average Bonchev–Trinajstić information content (AvgIpc) is 3.06. The fourth-order valence-corrected chi connectivity index (χ4v) is 4.44. The molecule has 0 radical (unpaired) electrons. The highest BCUT2D eigenvalue weighted by Crippen LogP contribution is 2.40. The van der Waals surface area contributed by atoms with E-state index in [1.54, 1.807) is 17.4 Å². The lowest BCUT2D eigenvalue weighted by atomic mass is 10.3. The Balaban J connectivity index is 1.48. The van der Waals surface area contributed by atoms with Crippen molar-refractivity contribution >= 4 is 28.7 Å². The zero-order chi connectivity index (χ0) is 19.3. The van der Waals surface area contributed by atoms with E-state index in [2.05, 4.69) is 30.1 Å². The van der Waals surface area contributed by atoms with Gasteiger partial charge in [0, 0.05) is 17.3 Å². The molecule has 28 heavy (non-hydrogen) atoms. The van der Waals surface area contributed by atoms with Crippen LogP contribution >= 0.6 is 23.1 Å². The standard InChI is InChI=1S/C16H12F3N7S2/c17-16(18,19)14-22-20-11-5-6-13(24-26(11)14)28-15-23-21-12(25(15)9-3-4-9)8-10-2-1-7-27-10/h1-2,5-7,9H,3-4,8H2. The van der Waals surface area contributed by atoms with Crippen molar-refractivity contribution in [3.05, 3.63) is 46.2 Å². The van der Waals surface area contributed by atoms with Gasteiger partial charge in [-0.2, -0.15) is 22.8 Å². The molecule has 1 fully saturated rings. The molecule has 0 saturated heterocycles. The molecule has 0 aromatic carbocycles. The van der Waals surface area contributed by atoms with E-state index in [-0.39, 0.29) is 5.65 Å². The minimum atomic E-state index is -4.63. The van der Waals surface area contributed by atoms with Gasteiger partial charge in [0.2, 0.25) is 0 Å². The first-order valence-electron chi connectivity index (χ1n) is 8.43. The van der Waals surface area contributed by atoms with E-state index in [1.807, 2.05) is 17.5 Å². The number of fused-ring (bicyclic) bond motifs is 1. The van der Waals surface area contributed by atoms with Crippen molar-refractivity contribution in [2.75, 3.05) is 0 Å². The van der Waals surface area contributed by atoms with E-state index in [0.29, 0.717) is 27.2 Å². The minimum Gasteiger partial charge on any atom is -0.302 e. The van der Waals surface area contributed by atoms with Crippen molar-refractivity contribution in [3.63, 3.8) is 0 Å². The number of halogens is 3. The molecular formula is C16H12F3N7S2. The van der Waals surface area contributed by atoms with Crippen LogP contribution in [-0.4, -0.2) is 34.6 Å². The molecule has 1 saturated carbocycles. The van der Waals surface area contributed by atoms with E-state index in [0.717, 1.165) is 18.7 Å². The van der Waals surface area contributed by atoms with Gasteiger partial charge in [-0.1, -0.05) is 6.07 Å². The number of nitrogens with zero attached hydrogens (tertiary/aromatic N) is 7. The van der Waals surface area contributed by atoms with Gasteiger partial charge >= 0.3 is 6.18 Å². The van der Waals surface area contributed by atoms with Gasteiger partial charge in [-0.15, -0.1) is 31.7 Å². The molecule has 7 nitrogen and oxygen atoms in total. The van der Waals surface area contributed by atoms with Crippen molar-refractivity contribution in [3.8, 4) is 0 Å². The number of hydrogen-bond donors (Lipinski definition) is 0. The molecule has 1 aliphatic carbocycles. The zero-order valence-electron chi connectivity index (χ0n) is 14.2. The van der Waals surface area contributed by atoms with Crippen LogP contribution in [-0.2, 0) is 12.6 Å². The molecule has 4 heterocycles. The average molecular weight is 423 g/mol. The molecule has 0 bridgehead atoms. The highest BCUT2D eigenvalue weighted by atomic mass is 32.2. The van der Waals surface area contributed by atoms with Gasteiger partial charge in [-0.25, -0.2) is 0 Å². The summed E-state index contributed by atoms with van der Waals surface area (Å²) < 4.78 is 42.0. The van der Waals surface area contributed by atoms with Crippen molar-refractivity contribution in [2.24, 2.45) is 0 Å². The van der Waals surface area contributed by atoms with Crippen molar-refractivity contribution in [2.45, 2.75) is 41.7 Å². The van der Waals surface area contributed by atoms with E-state index in [4.69, 9.17) is 0 Å². The van der Waals surface area contributed by atoms with Crippen LogP contribution in [0.1, 0.15) is 35.4 Å². The molecule has 0 N–H and O–H groups in total. The number of hydrogen-bond acceptors (Lipinski definition) is 7. The molecule has 4 aromatic rings. The van der Waals surface area contributed by atoms with Gasteiger partial charge in [0.25, 0.3) is 5.82 Å². The third-order valence-electron chi connectivity index (χ3n) is 4.25. The molecule has 0 spiro atoms. The first-order chi connectivity index (χ1) is 13.5. The summed E-state index contributed by atoms with van der Waals surface area (Å²) in [4.78, 5) is 1.18. The zero-order valence-corrected chi connectivity index (χ0v) is 15.8. The third-order valence-corrected chi connectivity index (χ3v) is 6.01. The molecule has 144 valence electrons. The summed E-state index contributed by atoms with van der Waals surface area (Å²) in [5, 5.41) is 22.4. The van der Waals surface area contributed by atoms with E-state index >= 15 is 0 Å². The summed E-state index contributed by atoms with van der Waals surface area (Å²) >= 11 is 2.85. The summed E-state index contributed by atoms with van der Waals surface area (Å²) in [6.45, 7) is 0. The van der Waals surface area contributed by atoms with Crippen LogP contribution in [0.2, 0.25) is 0 Å². The predicted molar refractivity (Wildman–Crippen MR) is 95.3 cm³/mol. The number of thiophene rings is 1. The largest absolute Gasteiger partial charge is 0.453 e. The van der Waals surface area contributed by atoms with Crippen molar-refractivity contribution < 1.29 is 13.2 Å². The Morgan fingerprint density at radius 2 is 1.96 bits per heavy atom. The summed E-state index contributed by atoms with van der Waals surface area (Å²) in [5.74, 6) is -0.291. The Hall–Kier alpha value is -2.47. The van der Waals surface area contributed by atoms with Gasteiger partial charge in [0.1, 0.15) is 10.9 Å². The van der Waals surface area contributed by atoms with E-state index in [1.165, 1.54) is 22.7 Å². The summed E-state index contributed by atoms with van der Waals surface area (Å²) in [5.41, 5.74) is 0.0405. The second-order valence-corrected chi connectivity index (χ2v) is 8.34. The SMILES string of the molecule is FC(F)(F)c1nnc2ccc(Sc3nnc(Cc4cccs4)n3C3CC3)nn12. The summed E-state index contributed by atoms with van der Waals surface area (Å²) in [6, 6.07) is 7.44. The van der Waals surface area contributed by atoms with Crippen LogP contribution in [0.25, 0.3) is 5.65 Å². The van der Waals surface area contributed by atoms with Crippen LogP contribution in [0, 0.1) is 0 Å². The molecule has 0 amide bonds. The fourth-order valence-electron chi connectivity index (χ4n) is 2.86. The lowest BCUT2D eigenvalue weighted by molar-refractivity contribution is -0.146. The van der Waals surface area contributed by atoms with Crippen molar-refractivity contribution in [1.82, 2.24) is 34.6 Å². The van der Waals surface area contributed by atoms with Crippen molar-refractivity contribution in [1.29, 1.82) is 0 Å². The van der Waals surface area contributed by atoms with Gasteiger partial charge in [0.15, 0.2) is 10.8 Å². The number of alkyl halides is 3. The van der Waals surface area contributed by atoms with E-state index < -0.39 is 12.0 Å². The van der Waals surface area contributed by atoms with Crippen LogP contribution in [0.3, 0.4) is 0 Å². The molecule has 5 rings (SSSR count). The Morgan fingerprint density at radius 1 is 1.11 bits per heavy atom. The van der Waals surface area contributed by atoms with Gasteiger partial charge in [-0.3, -0.25) is 0 Å². The van der Waals surface area contributed by atoms with Crippen LogP contribution in [0.15, 0.2) is 39.8 Å². The maximum Gasteiger partial charge on any atom is 0.453 e. The molecule has 0 unspecified atom stereocenters. The maximum absolute atomic E-state index is 13.1.